The predicted molar refractivity (Wildman–Crippen MR) is 84.9 cm³/mol. The number of nitrogens with one attached hydrogen (secondary N) is 1. The Morgan fingerprint density at radius 3 is 2.83 bits per heavy atom. The number of hydrogen-bond acceptors (Lipinski definition) is 5. The molecule has 0 aliphatic heterocycles. The van der Waals surface area contributed by atoms with Gasteiger partial charge in [-0.3, -0.25) is 4.79 Å². The number of benzene rings is 1. The lowest BCUT2D eigenvalue weighted by molar-refractivity contribution is -0.121. The number of aromatic nitrogens is 2. The fourth-order valence-electron chi connectivity index (χ4n) is 1.99. The highest BCUT2D eigenvalue weighted by Crippen LogP contribution is 2.23. The second-order valence-corrected chi connectivity index (χ2v) is 5.74. The lowest BCUT2D eigenvalue weighted by atomic mass is 10.1. The SMILES string of the molecule is C[C@@H](NC(=O)CCc1nc(N(C)C)no1)c1ccc(F)cc1Cl. The van der Waals surface area contributed by atoms with E-state index in [1.54, 1.807) is 32.0 Å². The molecule has 6 nitrogen and oxygen atoms in total. The van der Waals surface area contributed by atoms with Crippen LogP contribution >= 0.6 is 11.6 Å². The zero-order chi connectivity index (χ0) is 17.0. The van der Waals surface area contributed by atoms with Gasteiger partial charge in [0.2, 0.25) is 11.8 Å². The summed E-state index contributed by atoms with van der Waals surface area (Å²) in [7, 11) is 3.60. The summed E-state index contributed by atoms with van der Waals surface area (Å²) >= 11 is 5.98. The predicted octanol–water partition coefficient (Wildman–Crippen LogP) is 2.74. The molecule has 124 valence electrons. The van der Waals surface area contributed by atoms with Crippen LogP contribution in [0.2, 0.25) is 5.02 Å². The van der Waals surface area contributed by atoms with E-state index in [1.807, 2.05) is 0 Å². The standard InChI is InChI=1S/C15H18ClFN4O2/c1-9(11-5-4-10(17)8-12(11)16)18-13(22)6-7-14-19-15(20-23-14)21(2)3/h4-5,8-9H,6-7H2,1-3H3,(H,18,22)/t9-/m1/s1. The average molecular weight is 341 g/mol. The van der Waals surface area contributed by atoms with Gasteiger partial charge < -0.3 is 14.7 Å². The van der Waals surface area contributed by atoms with E-state index in [2.05, 4.69) is 15.5 Å². The van der Waals surface area contributed by atoms with Gasteiger partial charge >= 0.3 is 0 Å². The first kappa shape index (κ1) is 17.2. The third-order valence-electron chi connectivity index (χ3n) is 3.23. The summed E-state index contributed by atoms with van der Waals surface area (Å²) in [5.74, 6) is 0.274. The number of carbonyl (C=O) groups is 1. The zero-order valence-corrected chi connectivity index (χ0v) is 13.9. The van der Waals surface area contributed by atoms with Crippen molar-refractivity contribution in [3.8, 4) is 0 Å². The lowest BCUT2D eigenvalue weighted by Crippen LogP contribution is -2.27. The van der Waals surface area contributed by atoms with Crippen LogP contribution in [0.1, 0.15) is 30.8 Å². The molecule has 1 aromatic heterocycles. The van der Waals surface area contributed by atoms with E-state index in [-0.39, 0.29) is 23.4 Å². The maximum atomic E-state index is 13.0. The van der Waals surface area contributed by atoms with Crippen LogP contribution in [-0.2, 0) is 11.2 Å². The summed E-state index contributed by atoms with van der Waals surface area (Å²) in [4.78, 5) is 17.9. The van der Waals surface area contributed by atoms with Crippen LogP contribution in [0, 0.1) is 5.82 Å². The van der Waals surface area contributed by atoms with Crippen LogP contribution in [0.25, 0.3) is 0 Å². The number of anilines is 1. The van der Waals surface area contributed by atoms with E-state index >= 15 is 0 Å². The molecular formula is C15H18ClFN4O2. The molecule has 2 rings (SSSR count). The first-order chi connectivity index (χ1) is 10.9. The molecule has 0 spiro atoms. The molecule has 0 radical (unpaired) electrons. The minimum atomic E-state index is -0.412. The smallest absolute Gasteiger partial charge is 0.265 e. The minimum Gasteiger partial charge on any atom is -0.350 e. The first-order valence-corrected chi connectivity index (χ1v) is 7.49. The third-order valence-corrected chi connectivity index (χ3v) is 3.56. The fourth-order valence-corrected chi connectivity index (χ4v) is 2.32. The molecular weight excluding hydrogens is 323 g/mol. The second kappa shape index (κ2) is 7.41. The topological polar surface area (TPSA) is 71.3 Å². The highest BCUT2D eigenvalue weighted by molar-refractivity contribution is 6.31. The number of halogens is 2. The Balaban J connectivity index is 1.88. The Morgan fingerprint density at radius 2 is 2.22 bits per heavy atom. The van der Waals surface area contributed by atoms with Gasteiger partial charge in [-0.15, -0.1) is 0 Å². The number of carbonyl (C=O) groups excluding carboxylic acids is 1. The van der Waals surface area contributed by atoms with Crippen molar-refractivity contribution in [2.24, 2.45) is 0 Å². The molecule has 1 amide bonds. The van der Waals surface area contributed by atoms with E-state index in [0.29, 0.717) is 23.8 Å². The monoisotopic (exact) mass is 340 g/mol. The van der Waals surface area contributed by atoms with E-state index in [4.69, 9.17) is 16.1 Å². The molecule has 1 aromatic carbocycles. The molecule has 0 aliphatic rings. The molecule has 1 heterocycles. The van der Waals surface area contributed by atoms with Gasteiger partial charge in [0, 0.05) is 32.0 Å². The summed E-state index contributed by atoms with van der Waals surface area (Å²) in [6.07, 6.45) is 0.550. The van der Waals surface area contributed by atoms with E-state index < -0.39 is 5.82 Å². The van der Waals surface area contributed by atoms with Crippen LogP contribution in [-0.4, -0.2) is 30.1 Å². The molecule has 0 unspecified atom stereocenters. The van der Waals surface area contributed by atoms with Gasteiger partial charge in [0.1, 0.15) is 5.82 Å². The molecule has 0 bridgehead atoms. The van der Waals surface area contributed by atoms with Crippen LogP contribution in [0.4, 0.5) is 10.3 Å². The molecule has 8 heteroatoms. The largest absolute Gasteiger partial charge is 0.350 e. The third kappa shape index (κ3) is 4.66. The van der Waals surface area contributed by atoms with Gasteiger partial charge in [-0.25, -0.2) is 4.39 Å². The first-order valence-electron chi connectivity index (χ1n) is 7.11. The Hall–Kier alpha value is -2.15. The van der Waals surface area contributed by atoms with E-state index in [0.717, 1.165) is 0 Å². The maximum absolute atomic E-state index is 13.0. The molecule has 0 saturated heterocycles. The van der Waals surface area contributed by atoms with Gasteiger partial charge in [0.05, 0.1) is 6.04 Å². The Kier molecular flexibility index (Phi) is 5.54. The Labute approximate surface area is 138 Å². The highest BCUT2D eigenvalue weighted by Gasteiger charge is 2.15. The number of aryl methyl sites for hydroxylation is 1. The zero-order valence-electron chi connectivity index (χ0n) is 13.1. The number of hydrogen-bond donors (Lipinski definition) is 1. The molecule has 0 saturated carbocycles. The number of nitrogens with zero attached hydrogens (tertiary/aromatic N) is 3. The van der Waals surface area contributed by atoms with Crippen LogP contribution < -0.4 is 10.2 Å². The normalized spacial score (nSPS) is 12.0. The Morgan fingerprint density at radius 1 is 1.48 bits per heavy atom. The van der Waals surface area contributed by atoms with Crippen LogP contribution in [0.5, 0.6) is 0 Å². The number of amides is 1. The van der Waals surface area contributed by atoms with Crippen molar-refractivity contribution in [2.75, 3.05) is 19.0 Å². The van der Waals surface area contributed by atoms with Crippen molar-refractivity contribution in [3.63, 3.8) is 0 Å². The van der Waals surface area contributed by atoms with Gasteiger partial charge in [-0.05, 0) is 29.8 Å². The van der Waals surface area contributed by atoms with Crippen LogP contribution in [0.3, 0.4) is 0 Å². The van der Waals surface area contributed by atoms with Gasteiger partial charge in [0.15, 0.2) is 0 Å². The quantitative estimate of drug-likeness (QED) is 0.875. The number of rotatable bonds is 6. The van der Waals surface area contributed by atoms with E-state index in [9.17, 15) is 9.18 Å². The fraction of sp³-hybridized carbons (Fsp3) is 0.400. The molecule has 1 atom stereocenters. The molecule has 1 N–H and O–H groups in total. The van der Waals surface area contributed by atoms with Gasteiger partial charge in [-0.2, -0.15) is 4.98 Å². The average Bonchev–Trinajstić information content (AvgIpc) is 2.94. The van der Waals surface area contributed by atoms with Crippen molar-refractivity contribution in [2.45, 2.75) is 25.8 Å². The summed E-state index contributed by atoms with van der Waals surface area (Å²) in [6, 6.07) is 3.77. The summed E-state index contributed by atoms with van der Waals surface area (Å²) in [5.41, 5.74) is 0.661. The van der Waals surface area contributed by atoms with Gasteiger partial charge in [0.25, 0.3) is 5.95 Å². The lowest BCUT2D eigenvalue weighted by Gasteiger charge is -2.15. The van der Waals surface area contributed by atoms with Crippen LogP contribution in [0.15, 0.2) is 22.7 Å². The van der Waals surface area contributed by atoms with Crippen molar-refractivity contribution < 1.29 is 13.7 Å². The second-order valence-electron chi connectivity index (χ2n) is 5.34. The maximum Gasteiger partial charge on any atom is 0.265 e. The summed E-state index contributed by atoms with van der Waals surface area (Å²) in [5, 5.41) is 6.87. The molecule has 0 fully saturated rings. The van der Waals surface area contributed by atoms with Crippen molar-refractivity contribution in [3.05, 3.63) is 40.5 Å². The van der Waals surface area contributed by atoms with Crippen molar-refractivity contribution >= 4 is 23.5 Å². The molecule has 2 aromatic rings. The minimum absolute atomic E-state index is 0.178. The summed E-state index contributed by atoms with van der Waals surface area (Å²) < 4.78 is 18.1. The van der Waals surface area contributed by atoms with Crippen molar-refractivity contribution in [1.82, 2.24) is 15.5 Å². The summed E-state index contributed by atoms with van der Waals surface area (Å²) in [6.45, 7) is 1.79. The van der Waals surface area contributed by atoms with Crippen molar-refractivity contribution in [1.29, 1.82) is 0 Å². The van der Waals surface area contributed by atoms with Gasteiger partial charge in [-0.1, -0.05) is 17.7 Å². The Bertz CT molecular complexity index is 690. The molecule has 0 aliphatic carbocycles. The molecule has 23 heavy (non-hydrogen) atoms. The van der Waals surface area contributed by atoms with E-state index in [1.165, 1.54) is 12.1 Å². The highest BCUT2D eigenvalue weighted by atomic mass is 35.5.